The number of anilines is 1. The Balaban J connectivity index is 1.35. The second-order valence-corrected chi connectivity index (χ2v) is 7.30. The Labute approximate surface area is 154 Å². The smallest absolute Gasteiger partial charge is 0.266 e. The molecule has 1 aliphatic heterocycles. The van der Waals surface area contributed by atoms with Crippen molar-refractivity contribution in [3.8, 4) is 5.82 Å². The van der Waals surface area contributed by atoms with Crippen LogP contribution in [0, 0.1) is 6.92 Å². The van der Waals surface area contributed by atoms with E-state index in [1.165, 1.54) is 4.68 Å². The van der Waals surface area contributed by atoms with Crippen LogP contribution >= 0.6 is 11.3 Å². The fourth-order valence-corrected chi connectivity index (χ4v) is 3.68. The minimum absolute atomic E-state index is 0.0936. The third-order valence-electron chi connectivity index (χ3n) is 4.38. The van der Waals surface area contributed by atoms with E-state index in [0.717, 1.165) is 42.9 Å². The maximum absolute atomic E-state index is 12.1. The van der Waals surface area contributed by atoms with E-state index in [9.17, 15) is 4.79 Å². The summed E-state index contributed by atoms with van der Waals surface area (Å²) >= 11 is 1.63. The monoisotopic (exact) mass is 372 g/mol. The Bertz CT molecular complexity index is 910. The van der Waals surface area contributed by atoms with Gasteiger partial charge in [0, 0.05) is 51.2 Å². The lowest BCUT2D eigenvalue weighted by Gasteiger charge is -2.34. The summed E-state index contributed by atoms with van der Waals surface area (Å²) in [7, 11) is 0. The van der Waals surface area contributed by atoms with Crippen molar-refractivity contribution >= 4 is 16.5 Å². The van der Waals surface area contributed by atoms with Crippen LogP contribution < -0.4 is 10.5 Å². The lowest BCUT2D eigenvalue weighted by molar-refractivity contribution is 0.242. The van der Waals surface area contributed by atoms with Crippen molar-refractivity contribution in [2.24, 2.45) is 0 Å². The first kappa shape index (κ1) is 16.9. The molecule has 3 aromatic heterocycles. The van der Waals surface area contributed by atoms with Gasteiger partial charge in [0.25, 0.3) is 5.56 Å². The van der Waals surface area contributed by atoms with Crippen LogP contribution in [-0.2, 0) is 6.54 Å². The highest BCUT2D eigenvalue weighted by Gasteiger charge is 2.19. The maximum Gasteiger partial charge on any atom is 0.266 e. The standard InChI is InChI=1S/C16H20N8OS/c1-13-18-19-16(26-13)22-10-7-21(8-11-22)9-12-24-15(25)4-3-14(20-24)23-6-2-5-17-23/h2-6H,7-12H2,1H3. The fraction of sp³-hybridized carbons (Fsp3) is 0.438. The second kappa shape index (κ2) is 7.34. The third kappa shape index (κ3) is 3.65. The van der Waals surface area contributed by atoms with Gasteiger partial charge in [0.05, 0.1) is 6.54 Å². The summed E-state index contributed by atoms with van der Waals surface area (Å²) in [4.78, 5) is 16.7. The van der Waals surface area contributed by atoms with E-state index < -0.39 is 0 Å². The molecule has 0 saturated carbocycles. The zero-order valence-electron chi connectivity index (χ0n) is 14.5. The average Bonchev–Trinajstić information content (AvgIpc) is 3.33. The highest BCUT2D eigenvalue weighted by molar-refractivity contribution is 7.15. The van der Waals surface area contributed by atoms with Crippen LogP contribution in [0.15, 0.2) is 35.4 Å². The van der Waals surface area contributed by atoms with E-state index in [2.05, 4.69) is 30.2 Å². The lowest BCUT2D eigenvalue weighted by atomic mass is 10.3. The van der Waals surface area contributed by atoms with Gasteiger partial charge in [-0.15, -0.1) is 15.3 Å². The van der Waals surface area contributed by atoms with Gasteiger partial charge in [-0.1, -0.05) is 11.3 Å². The van der Waals surface area contributed by atoms with Gasteiger partial charge < -0.3 is 4.90 Å². The zero-order valence-corrected chi connectivity index (χ0v) is 15.3. The minimum atomic E-state index is -0.0936. The molecule has 0 radical (unpaired) electrons. The Morgan fingerprint density at radius 3 is 2.65 bits per heavy atom. The van der Waals surface area contributed by atoms with Gasteiger partial charge in [-0.3, -0.25) is 9.69 Å². The molecule has 136 valence electrons. The molecule has 0 N–H and O–H groups in total. The molecule has 0 bridgehead atoms. The highest BCUT2D eigenvalue weighted by atomic mass is 32.1. The third-order valence-corrected chi connectivity index (χ3v) is 5.28. The molecule has 4 rings (SSSR count). The number of rotatable bonds is 5. The maximum atomic E-state index is 12.1. The second-order valence-electron chi connectivity index (χ2n) is 6.14. The molecule has 4 heterocycles. The van der Waals surface area contributed by atoms with Crippen molar-refractivity contribution in [3.63, 3.8) is 0 Å². The topological polar surface area (TPSA) is 85.0 Å². The molecule has 1 saturated heterocycles. The molecule has 1 aliphatic rings. The molecule has 3 aromatic rings. The summed E-state index contributed by atoms with van der Waals surface area (Å²) < 4.78 is 3.16. The molecule has 0 amide bonds. The zero-order chi connectivity index (χ0) is 17.9. The van der Waals surface area contributed by atoms with Crippen molar-refractivity contribution in [3.05, 3.63) is 46.0 Å². The summed E-state index contributed by atoms with van der Waals surface area (Å²) in [6.07, 6.45) is 3.50. The molecule has 1 fully saturated rings. The van der Waals surface area contributed by atoms with E-state index in [4.69, 9.17) is 0 Å². The van der Waals surface area contributed by atoms with Gasteiger partial charge in [0.1, 0.15) is 5.01 Å². The van der Waals surface area contributed by atoms with Crippen molar-refractivity contribution in [2.45, 2.75) is 13.5 Å². The van der Waals surface area contributed by atoms with Crippen molar-refractivity contribution in [1.29, 1.82) is 0 Å². The van der Waals surface area contributed by atoms with E-state index in [1.807, 2.05) is 19.2 Å². The highest BCUT2D eigenvalue weighted by Crippen LogP contribution is 2.20. The molecular weight excluding hydrogens is 352 g/mol. The first-order valence-corrected chi connectivity index (χ1v) is 9.36. The number of aryl methyl sites for hydroxylation is 1. The molecule has 0 aliphatic carbocycles. The molecule has 9 nitrogen and oxygen atoms in total. The summed E-state index contributed by atoms with van der Waals surface area (Å²) in [5, 5.41) is 18.9. The lowest BCUT2D eigenvalue weighted by Crippen LogP contribution is -2.47. The van der Waals surface area contributed by atoms with E-state index >= 15 is 0 Å². The molecule has 0 unspecified atom stereocenters. The minimum Gasteiger partial charge on any atom is -0.344 e. The van der Waals surface area contributed by atoms with Gasteiger partial charge in [0.2, 0.25) is 5.13 Å². The Morgan fingerprint density at radius 2 is 1.96 bits per heavy atom. The largest absolute Gasteiger partial charge is 0.344 e. The molecule has 0 atom stereocenters. The molecule has 26 heavy (non-hydrogen) atoms. The van der Waals surface area contributed by atoms with Crippen LogP contribution in [0.4, 0.5) is 5.13 Å². The number of piperazine rings is 1. The molecule has 10 heteroatoms. The Morgan fingerprint density at radius 1 is 1.12 bits per heavy atom. The summed E-state index contributed by atoms with van der Waals surface area (Å²) in [6, 6.07) is 5.06. The number of hydrogen-bond donors (Lipinski definition) is 0. The van der Waals surface area contributed by atoms with Crippen LogP contribution in [0.3, 0.4) is 0 Å². The molecular formula is C16H20N8OS. The number of nitrogens with zero attached hydrogens (tertiary/aromatic N) is 8. The predicted molar refractivity (Wildman–Crippen MR) is 98.9 cm³/mol. The first-order valence-electron chi connectivity index (χ1n) is 8.55. The Kier molecular flexibility index (Phi) is 4.76. The molecule has 0 aromatic carbocycles. The Hall–Kier alpha value is -2.59. The van der Waals surface area contributed by atoms with Crippen molar-refractivity contribution in [1.82, 2.24) is 34.7 Å². The quantitative estimate of drug-likeness (QED) is 0.641. The van der Waals surface area contributed by atoms with Gasteiger partial charge in [-0.05, 0) is 19.1 Å². The van der Waals surface area contributed by atoms with Crippen LogP contribution in [0.5, 0.6) is 0 Å². The van der Waals surface area contributed by atoms with Gasteiger partial charge in [-0.2, -0.15) is 5.10 Å². The first-order chi connectivity index (χ1) is 12.7. The van der Waals surface area contributed by atoms with Gasteiger partial charge in [-0.25, -0.2) is 9.36 Å². The van der Waals surface area contributed by atoms with E-state index in [1.54, 1.807) is 34.3 Å². The van der Waals surface area contributed by atoms with Crippen LogP contribution in [0.2, 0.25) is 0 Å². The summed E-state index contributed by atoms with van der Waals surface area (Å²) in [5.74, 6) is 0.644. The predicted octanol–water partition coefficient (Wildman–Crippen LogP) is 0.411. The van der Waals surface area contributed by atoms with E-state index in [-0.39, 0.29) is 5.56 Å². The normalized spacial score (nSPS) is 15.5. The van der Waals surface area contributed by atoms with Gasteiger partial charge >= 0.3 is 0 Å². The average molecular weight is 372 g/mol. The SMILES string of the molecule is Cc1nnc(N2CCN(CCn3nc(-n4cccn4)ccc3=O)CC2)s1. The number of aromatic nitrogens is 6. The van der Waals surface area contributed by atoms with Crippen molar-refractivity contribution in [2.75, 3.05) is 37.6 Å². The van der Waals surface area contributed by atoms with Crippen LogP contribution in [0.1, 0.15) is 5.01 Å². The number of hydrogen-bond acceptors (Lipinski definition) is 8. The van der Waals surface area contributed by atoms with Gasteiger partial charge in [0.15, 0.2) is 5.82 Å². The molecule has 0 spiro atoms. The summed E-state index contributed by atoms with van der Waals surface area (Å²) in [6.45, 7) is 7.04. The fourth-order valence-electron chi connectivity index (χ4n) is 2.94. The van der Waals surface area contributed by atoms with Crippen LogP contribution in [0.25, 0.3) is 5.82 Å². The summed E-state index contributed by atoms with van der Waals surface area (Å²) in [5.41, 5.74) is -0.0936. The van der Waals surface area contributed by atoms with Crippen LogP contribution in [-0.4, -0.2) is 67.4 Å². The van der Waals surface area contributed by atoms with E-state index in [0.29, 0.717) is 12.4 Å². The van der Waals surface area contributed by atoms with Crippen molar-refractivity contribution < 1.29 is 0 Å².